The van der Waals surface area contributed by atoms with E-state index in [9.17, 15) is 19.8 Å². The predicted molar refractivity (Wildman–Crippen MR) is 121 cm³/mol. The van der Waals surface area contributed by atoms with Gasteiger partial charge in [0.05, 0.1) is 0 Å². The van der Waals surface area contributed by atoms with Crippen molar-refractivity contribution in [3.63, 3.8) is 0 Å². The summed E-state index contributed by atoms with van der Waals surface area (Å²) in [6.07, 6.45) is -0.675. The van der Waals surface area contributed by atoms with Crippen molar-refractivity contribution < 1.29 is 24.5 Å². The van der Waals surface area contributed by atoms with Crippen molar-refractivity contribution in [3.8, 4) is 16.9 Å². The molecule has 32 heavy (non-hydrogen) atoms. The predicted octanol–water partition coefficient (Wildman–Crippen LogP) is 4.54. The van der Waals surface area contributed by atoms with Crippen LogP contribution in [0.3, 0.4) is 0 Å². The number of carboxylic acids is 1. The van der Waals surface area contributed by atoms with Gasteiger partial charge >= 0.3 is 12.1 Å². The monoisotopic (exact) mass is 431 g/mol. The molecule has 0 fully saturated rings. The molecule has 3 aromatic carbocycles. The van der Waals surface area contributed by atoms with Gasteiger partial charge in [-0.3, -0.25) is 0 Å². The molecule has 0 bridgehead atoms. The lowest BCUT2D eigenvalue weighted by Gasteiger charge is -2.19. The SMILES string of the molecule is Cc1cc(O)cc(C)c1C[C@H](NC(=O)OCC1c2ccccc2-c2ccccc21)C(=O)O. The number of nitrogens with one attached hydrogen (secondary N) is 1. The van der Waals surface area contributed by atoms with Crippen molar-refractivity contribution in [3.05, 3.63) is 88.5 Å². The molecule has 0 unspecified atom stereocenters. The van der Waals surface area contributed by atoms with Gasteiger partial charge in [0.1, 0.15) is 18.4 Å². The molecule has 4 rings (SSSR count). The number of aryl methyl sites for hydroxylation is 2. The number of carboxylic acid groups (broad SMARTS) is 1. The number of carbonyl (C=O) groups excluding carboxylic acids is 1. The zero-order valence-corrected chi connectivity index (χ0v) is 18.0. The third-order valence-corrected chi connectivity index (χ3v) is 6.02. The smallest absolute Gasteiger partial charge is 0.407 e. The molecule has 0 saturated heterocycles. The first-order valence-electron chi connectivity index (χ1n) is 10.5. The fraction of sp³-hybridized carbons (Fsp3) is 0.231. The largest absolute Gasteiger partial charge is 0.508 e. The second kappa shape index (κ2) is 8.75. The van der Waals surface area contributed by atoms with Crippen molar-refractivity contribution >= 4 is 12.1 Å². The second-order valence-corrected chi connectivity index (χ2v) is 8.12. The summed E-state index contributed by atoms with van der Waals surface area (Å²) in [6.45, 7) is 3.71. The Morgan fingerprint density at radius 1 is 0.969 bits per heavy atom. The molecule has 1 aliphatic carbocycles. The van der Waals surface area contributed by atoms with E-state index in [4.69, 9.17) is 4.74 Å². The Kier molecular flexibility index (Phi) is 5.86. The van der Waals surface area contributed by atoms with Crippen molar-refractivity contribution in [1.29, 1.82) is 0 Å². The van der Waals surface area contributed by atoms with Gasteiger partial charge in [-0.25, -0.2) is 9.59 Å². The van der Waals surface area contributed by atoms with Crippen LogP contribution in [-0.4, -0.2) is 34.9 Å². The zero-order chi connectivity index (χ0) is 22.8. The summed E-state index contributed by atoms with van der Waals surface area (Å²) in [5.74, 6) is -1.12. The van der Waals surface area contributed by atoms with Gasteiger partial charge in [-0.15, -0.1) is 0 Å². The topological polar surface area (TPSA) is 95.9 Å². The number of aliphatic carboxylic acids is 1. The second-order valence-electron chi connectivity index (χ2n) is 8.12. The minimum absolute atomic E-state index is 0.0947. The number of carbonyl (C=O) groups is 2. The number of phenolic OH excluding ortho intramolecular Hbond substituents is 1. The van der Waals surface area contributed by atoms with Gasteiger partial charge in [0.25, 0.3) is 0 Å². The van der Waals surface area contributed by atoms with Crippen molar-refractivity contribution in [2.75, 3.05) is 6.61 Å². The van der Waals surface area contributed by atoms with Crippen LogP contribution in [0, 0.1) is 13.8 Å². The van der Waals surface area contributed by atoms with Crippen LogP contribution in [-0.2, 0) is 16.0 Å². The van der Waals surface area contributed by atoms with Crippen molar-refractivity contribution in [1.82, 2.24) is 5.32 Å². The van der Waals surface area contributed by atoms with Crippen LogP contribution in [0.15, 0.2) is 60.7 Å². The molecule has 164 valence electrons. The molecule has 1 aliphatic rings. The highest BCUT2D eigenvalue weighted by Gasteiger charge is 2.30. The van der Waals surface area contributed by atoms with Crippen LogP contribution in [0.1, 0.15) is 33.7 Å². The first-order chi connectivity index (χ1) is 15.3. The number of ether oxygens (including phenoxy) is 1. The van der Waals surface area contributed by atoms with E-state index in [0.29, 0.717) is 0 Å². The molecule has 6 heteroatoms. The lowest BCUT2D eigenvalue weighted by atomic mass is 9.96. The van der Waals surface area contributed by atoms with Gasteiger partial charge < -0.3 is 20.3 Å². The van der Waals surface area contributed by atoms with Gasteiger partial charge in [0.15, 0.2) is 0 Å². The van der Waals surface area contributed by atoms with Gasteiger partial charge in [0, 0.05) is 12.3 Å². The molecular formula is C26H25NO5. The van der Waals surface area contributed by atoms with E-state index in [1.165, 1.54) is 0 Å². The first kappa shape index (κ1) is 21.4. The molecule has 0 saturated carbocycles. The fourth-order valence-electron chi connectivity index (χ4n) is 4.48. The van der Waals surface area contributed by atoms with Gasteiger partial charge in [-0.05, 0) is 64.9 Å². The van der Waals surface area contributed by atoms with Crippen LogP contribution >= 0.6 is 0 Å². The number of hydrogen-bond donors (Lipinski definition) is 3. The summed E-state index contributed by atoms with van der Waals surface area (Å²) in [7, 11) is 0. The third kappa shape index (κ3) is 4.17. The maximum Gasteiger partial charge on any atom is 0.407 e. The minimum Gasteiger partial charge on any atom is -0.508 e. The quantitative estimate of drug-likeness (QED) is 0.532. The Hall–Kier alpha value is -3.80. The Morgan fingerprint density at radius 3 is 2.03 bits per heavy atom. The summed E-state index contributed by atoms with van der Waals surface area (Å²) in [6, 6.07) is 18.0. The fourth-order valence-corrected chi connectivity index (χ4v) is 4.48. The molecule has 3 N–H and O–H groups in total. The standard InChI is InChI=1S/C26H25NO5/c1-15-11-17(28)12-16(2)22(15)13-24(25(29)30)27-26(31)32-14-23-20-9-5-3-7-18(20)19-8-4-6-10-21(19)23/h3-12,23-24,28H,13-14H2,1-2H3,(H,27,31)(H,29,30)/t24-/m0/s1. The maximum absolute atomic E-state index is 12.5. The number of aromatic hydroxyl groups is 1. The van der Waals surface area contributed by atoms with Crippen LogP contribution in [0.2, 0.25) is 0 Å². The maximum atomic E-state index is 12.5. The average Bonchev–Trinajstić information content (AvgIpc) is 3.07. The molecule has 6 nitrogen and oxygen atoms in total. The molecule has 0 radical (unpaired) electrons. The first-order valence-corrected chi connectivity index (χ1v) is 10.5. The molecule has 0 spiro atoms. The third-order valence-electron chi connectivity index (χ3n) is 6.02. The van der Waals surface area contributed by atoms with Crippen LogP contribution < -0.4 is 5.32 Å². The Bertz CT molecular complexity index is 1120. The molecule has 3 aromatic rings. The van der Waals surface area contributed by atoms with E-state index in [2.05, 4.69) is 17.4 Å². The van der Waals surface area contributed by atoms with E-state index >= 15 is 0 Å². The number of hydrogen-bond acceptors (Lipinski definition) is 4. The summed E-state index contributed by atoms with van der Waals surface area (Å²) >= 11 is 0. The molecule has 0 aliphatic heterocycles. The highest BCUT2D eigenvalue weighted by atomic mass is 16.5. The van der Waals surface area contributed by atoms with Gasteiger partial charge in [-0.1, -0.05) is 48.5 Å². The Balaban J connectivity index is 1.46. The number of rotatable bonds is 6. The van der Waals surface area contributed by atoms with E-state index < -0.39 is 18.1 Å². The normalized spacial score (nSPS) is 13.2. The number of phenols is 1. The number of amides is 1. The number of fused-ring (bicyclic) bond motifs is 3. The Morgan fingerprint density at radius 2 is 1.50 bits per heavy atom. The van der Waals surface area contributed by atoms with E-state index in [-0.39, 0.29) is 24.7 Å². The molecule has 1 atom stereocenters. The van der Waals surface area contributed by atoms with Crippen LogP contribution in [0.25, 0.3) is 11.1 Å². The number of benzene rings is 3. The zero-order valence-electron chi connectivity index (χ0n) is 18.0. The van der Waals surface area contributed by atoms with Crippen LogP contribution in [0.5, 0.6) is 5.75 Å². The average molecular weight is 431 g/mol. The molecule has 0 heterocycles. The highest BCUT2D eigenvalue weighted by Crippen LogP contribution is 2.44. The summed E-state index contributed by atoms with van der Waals surface area (Å²) in [5.41, 5.74) is 6.73. The van der Waals surface area contributed by atoms with Gasteiger partial charge in [0.2, 0.25) is 0 Å². The molecular weight excluding hydrogens is 406 g/mol. The minimum atomic E-state index is -1.15. The summed E-state index contributed by atoms with van der Waals surface area (Å²) in [4.78, 5) is 24.3. The van der Waals surface area contributed by atoms with E-state index in [1.807, 2.05) is 36.4 Å². The summed E-state index contributed by atoms with van der Waals surface area (Å²) in [5, 5.41) is 21.8. The highest BCUT2D eigenvalue weighted by molar-refractivity contribution is 5.81. The lowest BCUT2D eigenvalue weighted by molar-refractivity contribution is -0.139. The van der Waals surface area contributed by atoms with Crippen LogP contribution in [0.4, 0.5) is 4.79 Å². The van der Waals surface area contributed by atoms with Crippen molar-refractivity contribution in [2.24, 2.45) is 0 Å². The Labute approximate surface area is 186 Å². The van der Waals surface area contributed by atoms with Crippen molar-refractivity contribution in [2.45, 2.75) is 32.2 Å². The van der Waals surface area contributed by atoms with E-state index in [0.717, 1.165) is 38.9 Å². The van der Waals surface area contributed by atoms with E-state index in [1.54, 1.807) is 26.0 Å². The summed E-state index contributed by atoms with van der Waals surface area (Å²) < 4.78 is 5.48. The van der Waals surface area contributed by atoms with Gasteiger partial charge in [-0.2, -0.15) is 0 Å². The molecule has 1 amide bonds. The lowest BCUT2D eigenvalue weighted by Crippen LogP contribution is -2.43. The number of alkyl carbamates (subject to hydrolysis) is 1. The molecule has 0 aromatic heterocycles.